The highest BCUT2D eigenvalue weighted by atomic mass is 32.1. The number of aryl methyl sites for hydroxylation is 1. The van der Waals surface area contributed by atoms with Gasteiger partial charge < -0.3 is 19.5 Å². The fraction of sp³-hybridized carbons (Fsp3) is 0.0385. The van der Waals surface area contributed by atoms with E-state index in [1.807, 2.05) is 43.3 Å². The average Bonchev–Trinajstić information content (AvgIpc) is 3.53. The molecule has 0 aliphatic heterocycles. The standard InChI is InChI=1S/C26H21N3O4S/c1-17-16-19(9-12-21(17)28-25(31)23-8-5-15-32-23)27-26(34)29-24(30)14-11-20-10-13-22(33-20)18-6-3-2-4-7-18/h2-16H,1H3,(H,28,31)(H2,27,29,30,34)/b14-11+. The second kappa shape index (κ2) is 10.5. The van der Waals surface area contributed by atoms with E-state index in [0.717, 1.165) is 16.9 Å². The van der Waals surface area contributed by atoms with E-state index in [-0.39, 0.29) is 16.8 Å². The summed E-state index contributed by atoms with van der Waals surface area (Å²) in [7, 11) is 0. The highest BCUT2D eigenvalue weighted by Crippen LogP contribution is 2.23. The number of anilines is 2. The van der Waals surface area contributed by atoms with Crippen LogP contribution in [-0.4, -0.2) is 16.9 Å². The van der Waals surface area contributed by atoms with Crippen LogP contribution in [0.3, 0.4) is 0 Å². The zero-order valence-electron chi connectivity index (χ0n) is 18.2. The fourth-order valence-electron chi connectivity index (χ4n) is 3.15. The van der Waals surface area contributed by atoms with Crippen molar-refractivity contribution in [1.82, 2.24) is 5.32 Å². The largest absolute Gasteiger partial charge is 0.459 e. The van der Waals surface area contributed by atoms with Gasteiger partial charge in [-0.25, -0.2) is 0 Å². The second-order valence-electron chi connectivity index (χ2n) is 7.31. The third kappa shape index (κ3) is 5.87. The minimum absolute atomic E-state index is 0.144. The van der Waals surface area contributed by atoms with E-state index in [0.29, 0.717) is 17.1 Å². The molecule has 0 saturated heterocycles. The Kier molecular flexibility index (Phi) is 7.00. The summed E-state index contributed by atoms with van der Waals surface area (Å²) in [6.07, 6.45) is 4.36. The molecule has 2 aromatic heterocycles. The molecule has 0 unspecified atom stereocenters. The normalized spacial score (nSPS) is 10.7. The number of carbonyl (C=O) groups is 2. The molecule has 3 N–H and O–H groups in total. The van der Waals surface area contributed by atoms with Crippen molar-refractivity contribution in [1.29, 1.82) is 0 Å². The topological polar surface area (TPSA) is 96.5 Å². The van der Waals surface area contributed by atoms with Crippen molar-refractivity contribution < 1.29 is 18.4 Å². The van der Waals surface area contributed by atoms with Crippen LogP contribution < -0.4 is 16.0 Å². The smallest absolute Gasteiger partial charge is 0.291 e. The number of amides is 2. The first kappa shape index (κ1) is 22.8. The number of rotatable bonds is 6. The number of nitrogens with one attached hydrogen (secondary N) is 3. The Bertz CT molecular complexity index is 1340. The lowest BCUT2D eigenvalue weighted by molar-refractivity contribution is -0.115. The summed E-state index contributed by atoms with van der Waals surface area (Å²) < 4.78 is 10.8. The first-order valence-electron chi connectivity index (χ1n) is 10.4. The van der Waals surface area contributed by atoms with E-state index in [4.69, 9.17) is 21.1 Å². The number of thiocarbonyl (C=S) groups is 1. The monoisotopic (exact) mass is 471 g/mol. The van der Waals surface area contributed by atoms with Crippen molar-refractivity contribution in [2.24, 2.45) is 0 Å². The van der Waals surface area contributed by atoms with Gasteiger partial charge in [0.25, 0.3) is 5.91 Å². The summed E-state index contributed by atoms with van der Waals surface area (Å²) in [6, 6.07) is 21.9. The summed E-state index contributed by atoms with van der Waals surface area (Å²) >= 11 is 5.23. The van der Waals surface area contributed by atoms with E-state index in [1.54, 1.807) is 42.5 Å². The SMILES string of the molecule is Cc1cc(NC(=S)NC(=O)/C=C/c2ccc(-c3ccccc3)o2)ccc1NC(=O)c1ccco1. The second-order valence-corrected chi connectivity index (χ2v) is 7.71. The number of benzene rings is 2. The summed E-state index contributed by atoms with van der Waals surface area (Å²) in [5.74, 6) is 0.766. The van der Waals surface area contributed by atoms with Crippen molar-refractivity contribution >= 4 is 46.6 Å². The predicted molar refractivity (Wildman–Crippen MR) is 135 cm³/mol. The molecule has 4 aromatic rings. The van der Waals surface area contributed by atoms with Gasteiger partial charge in [0.2, 0.25) is 5.91 Å². The lowest BCUT2D eigenvalue weighted by Gasteiger charge is -2.12. The van der Waals surface area contributed by atoms with Crippen LogP contribution in [0.4, 0.5) is 11.4 Å². The van der Waals surface area contributed by atoms with Gasteiger partial charge in [0.15, 0.2) is 10.9 Å². The summed E-state index contributed by atoms with van der Waals surface area (Å²) in [5.41, 5.74) is 3.07. The molecule has 2 aromatic carbocycles. The molecular weight excluding hydrogens is 450 g/mol. The molecule has 170 valence electrons. The molecule has 4 rings (SSSR count). The Labute approximate surface area is 201 Å². The van der Waals surface area contributed by atoms with Crippen LogP contribution in [0.25, 0.3) is 17.4 Å². The van der Waals surface area contributed by atoms with Gasteiger partial charge in [0.05, 0.1) is 6.26 Å². The van der Waals surface area contributed by atoms with Crippen LogP contribution in [-0.2, 0) is 4.79 Å². The van der Waals surface area contributed by atoms with Gasteiger partial charge in [0, 0.05) is 23.0 Å². The van der Waals surface area contributed by atoms with Gasteiger partial charge in [-0.15, -0.1) is 0 Å². The molecule has 0 fully saturated rings. The van der Waals surface area contributed by atoms with Crippen LogP contribution in [0.1, 0.15) is 21.9 Å². The molecule has 8 heteroatoms. The maximum atomic E-state index is 12.2. The van der Waals surface area contributed by atoms with E-state index in [2.05, 4.69) is 16.0 Å². The first-order chi connectivity index (χ1) is 16.5. The first-order valence-corrected chi connectivity index (χ1v) is 10.8. The lowest BCUT2D eigenvalue weighted by atomic mass is 10.1. The van der Waals surface area contributed by atoms with Gasteiger partial charge in [-0.3, -0.25) is 14.9 Å². The minimum atomic E-state index is -0.394. The van der Waals surface area contributed by atoms with Crippen LogP contribution in [0, 0.1) is 6.92 Å². The molecule has 0 aliphatic carbocycles. The Hall–Kier alpha value is -4.43. The number of carbonyl (C=O) groups excluding carboxylic acids is 2. The molecule has 2 heterocycles. The molecule has 34 heavy (non-hydrogen) atoms. The molecule has 0 radical (unpaired) electrons. The fourth-order valence-corrected chi connectivity index (χ4v) is 3.37. The number of hydrogen-bond donors (Lipinski definition) is 3. The van der Waals surface area contributed by atoms with Crippen molar-refractivity contribution in [2.45, 2.75) is 6.92 Å². The molecule has 7 nitrogen and oxygen atoms in total. The van der Waals surface area contributed by atoms with Crippen molar-refractivity contribution in [3.05, 3.63) is 102 Å². The molecular formula is C26H21N3O4S. The highest BCUT2D eigenvalue weighted by molar-refractivity contribution is 7.80. The van der Waals surface area contributed by atoms with Crippen LogP contribution in [0.5, 0.6) is 0 Å². The Morgan fingerprint density at radius 2 is 1.76 bits per heavy atom. The maximum absolute atomic E-state index is 12.2. The lowest BCUT2D eigenvalue weighted by Crippen LogP contribution is -2.32. The van der Waals surface area contributed by atoms with Gasteiger partial charge >= 0.3 is 0 Å². The zero-order valence-corrected chi connectivity index (χ0v) is 19.0. The number of furan rings is 2. The molecule has 0 bridgehead atoms. The Morgan fingerprint density at radius 1 is 0.941 bits per heavy atom. The van der Waals surface area contributed by atoms with Crippen molar-refractivity contribution in [3.63, 3.8) is 0 Å². The molecule has 0 saturated carbocycles. The molecule has 0 aliphatic rings. The minimum Gasteiger partial charge on any atom is -0.459 e. The van der Waals surface area contributed by atoms with Gasteiger partial charge in [0.1, 0.15) is 11.5 Å². The van der Waals surface area contributed by atoms with E-state index in [1.165, 1.54) is 12.3 Å². The van der Waals surface area contributed by atoms with Crippen molar-refractivity contribution in [3.8, 4) is 11.3 Å². The number of hydrogen-bond acceptors (Lipinski definition) is 5. The molecule has 0 atom stereocenters. The third-order valence-electron chi connectivity index (χ3n) is 4.80. The van der Waals surface area contributed by atoms with E-state index < -0.39 is 5.91 Å². The van der Waals surface area contributed by atoms with E-state index in [9.17, 15) is 9.59 Å². The Balaban J connectivity index is 1.30. The predicted octanol–water partition coefficient (Wildman–Crippen LogP) is 5.63. The van der Waals surface area contributed by atoms with Crippen LogP contribution in [0.15, 0.2) is 94.0 Å². The third-order valence-corrected chi connectivity index (χ3v) is 5.00. The summed E-state index contributed by atoms with van der Waals surface area (Å²) in [5, 5.41) is 8.48. The molecule has 2 amide bonds. The Morgan fingerprint density at radius 3 is 2.50 bits per heavy atom. The average molecular weight is 472 g/mol. The van der Waals surface area contributed by atoms with Gasteiger partial charge in [-0.05, 0) is 73.2 Å². The van der Waals surface area contributed by atoms with E-state index >= 15 is 0 Å². The van der Waals surface area contributed by atoms with Crippen LogP contribution in [0.2, 0.25) is 0 Å². The summed E-state index contributed by atoms with van der Waals surface area (Å²) in [4.78, 5) is 24.4. The zero-order chi connectivity index (χ0) is 23.9. The molecule has 0 spiro atoms. The maximum Gasteiger partial charge on any atom is 0.291 e. The van der Waals surface area contributed by atoms with Gasteiger partial charge in [-0.1, -0.05) is 30.3 Å². The summed E-state index contributed by atoms with van der Waals surface area (Å²) in [6.45, 7) is 1.85. The highest BCUT2D eigenvalue weighted by Gasteiger charge is 2.11. The van der Waals surface area contributed by atoms with Crippen LogP contribution >= 0.6 is 12.2 Å². The van der Waals surface area contributed by atoms with Gasteiger partial charge in [-0.2, -0.15) is 0 Å². The van der Waals surface area contributed by atoms with Crippen molar-refractivity contribution in [2.75, 3.05) is 10.6 Å². The quantitative estimate of drug-likeness (QED) is 0.249.